The Morgan fingerprint density at radius 2 is 1.92 bits per heavy atom. The van der Waals surface area contributed by atoms with Crippen molar-refractivity contribution in [2.24, 2.45) is 0 Å². The topological polar surface area (TPSA) is 38.8 Å². The molecule has 26 heavy (non-hydrogen) atoms. The van der Waals surface area contributed by atoms with E-state index in [4.69, 9.17) is 21.1 Å². The van der Waals surface area contributed by atoms with Crippen LogP contribution in [0.25, 0.3) is 0 Å². The predicted molar refractivity (Wildman–Crippen MR) is 103 cm³/mol. The molecule has 0 saturated heterocycles. The molecule has 0 bridgehead atoms. The van der Waals surface area contributed by atoms with E-state index in [0.717, 1.165) is 29.7 Å². The first-order valence-corrected chi connectivity index (χ1v) is 9.22. The van der Waals surface area contributed by atoms with Crippen molar-refractivity contribution in [3.8, 4) is 11.5 Å². The maximum atomic E-state index is 13.0. The SMILES string of the molecule is COc1ccc(CN(C(=O)C(C)Oc2ccc(Cl)cc2C)C2CC2)cc1. The summed E-state index contributed by atoms with van der Waals surface area (Å²) in [5.41, 5.74) is 2.01. The van der Waals surface area contributed by atoms with Gasteiger partial charge in [0.25, 0.3) is 5.91 Å². The van der Waals surface area contributed by atoms with Gasteiger partial charge in [0.05, 0.1) is 7.11 Å². The van der Waals surface area contributed by atoms with Crippen LogP contribution in [0, 0.1) is 6.92 Å². The summed E-state index contributed by atoms with van der Waals surface area (Å²) >= 11 is 5.99. The van der Waals surface area contributed by atoms with Gasteiger partial charge in [-0.15, -0.1) is 0 Å². The lowest BCUT2D eigenvalue weighted by Crippen LogP contribution is -2.41. The van der Waals surface area contributed by atoms with Gasteiger partial charge in [0.1, 0.15) is 11.5 Å². The lowest BCUT2D eigenvalue weighted by Gasteiger charge is -2.26. The number of carbonyl (C=O) groups is 1. The third-order valence-corrected chi connectivity index (χ3v) is 4.81. The van der Waals surface area contributed by atoms with Crippen LogP contribution in [-0.4, -0.2) is 30.1 Å². The summed E-state index contributed by atoms with van der Waals surface area (Å²) in [6.07, 6.45) is 1.55. The van der Waals surface area contributed by atoms with Gasteiger partial charge in [0, 0.05) is 17.6 Å². The molecule has 0 aromatic heterocycles. The molecule has 138 valence electrons. The van der Waals surface area contributed by atoms with Gasteiger partial charge >= 0.3 is 0 Å². The zero-order chi connectivity index (χ0) is 18.7. The Morgan fingerprint density at radius 3 is 2.50 bits per heavy atom. The number of methoxy groups -OCH3 is 1. The molecule has 0 aliphatic heterocycles. The zero-order valence-corrected chi connectivity index (χ0v) is 16.1. The van der Waals surface area contributed by atoms with E-state index in [0.29, 0.717) is 23.4 Å². The van der Waals surface area contributed by atoms with Gasteiger partial charge in [-0.25, -0.2) is 0 Å². The lowest BCUT2D eigenvalue weighted by atomic mass is 10.2. The van der Waals surface area contributed by atoms with E-state index in [1.54, 1.807) is 20.1 Å². The summed E-state index contributed by atoms with van der Waals surface area (Å²) in [5, 5.41) is 0.660. The molecule has 0 radical (unpaired) electrons. The van der Waals surface area contributed by atoms with Crippen molar-refractivity contribution in [1.82, 2.24) is 4.90 Å². The van der Waals surface area contributed by atoms with Gasteiger partial charge in [-0.1, -0.05) is 23.7 Å². The Bertz CT molecular complexity index is 771. The van der Waals surface area contributed by atoms with Crippen LogP contribution >= 0.6 is 11.6 Å². The van der Waals surface area contributed by atoms with Crippen LogP contribution in [0.2, 0.25) is 5.02 Å². The molecule has 1 unspecified atom stereocenters. The second-order valence-corrected chi connectivity index (χ2v) is 7.15. The van der Waals surface area contributed by atoms with Crippen molar-refractivity contribution in [3.05, 3.63) is 58.6 Å². The van der Waals surface area contributed by atoms with Crippen LogP contribution in [0.3, 0.4) is 0 Å². The number of ether oxygens (including phenoxy) is 2. The lowest BCUT2D eigenvalue weighted by molar-refractivity contribution is -0.139. The highest BCUT2D eigenvalue weighted by Gasteiger charge is 2.35. The molecule has 2 aromatic carbocycles. The highest BCUT2D eigenvalue weighted by Crippen LogP contribution is 2.30. The largest absolute Gasteiger partial charge is 0.497 e. The average molecular weight is 374 g/mol. The number of nitrogens with zero attached hydrogens (tertiary/aromatic N) is 1. The van der Waals surface area contributed by atoms with Crippen LogP contribution in [0.15, 0.2) is 42.5 Å². The van der Waals surface area contributed by atoms with Crippen LogP contribution in [0.1, 0.15) is 30.9 Å². The Hall–Kier alpha value is -2.20. The minimum absolute atomic E-state index is 0.0117. The van der Waals surface area contributed by atoms with Crippen molar-refractivity contribution in [3.63, 3.8) is 0 Å². The molecule has 1 aliphatic rings. The number of aryl methyl sites for hydroxylation is 1. The summed E-state index contributed by atoms with van der Waals surface area (Å²) in [6, 6.07) is 13.6. The number of hydrogen-bond donors (Lipinski definition) is 0. The zero-order valence-electron chi connectivity index (χ0n) is 15.4. The maximum Gasteiger partial charge on any atom is 0.263 e. The molecule has 1 fully saturated rings. The van der Waals surface area contributed by atoms with Gasteiger partial charge in [-0.05, 0) is 68.1 Å². The molecule has 0 N–H and O–H groups in total. The van der Waals surface area contributed by atoms with Gasteiger partial charge in [0.2, 0.25) is 0 Å². The predicted octanol–water partition coefficient (Wildman–Crippen LogP) is 4.62. The molecule has 2 aromatic rings. The van der Waals surface area contributed by atoms with Crippen molar-refractivity contribution in [2.45, 2.75) is 45.4 Å². The van der Waals surface area contributed by atoms with Crippen LogP contribution in [0.5, 0.6) is 11.5 Å². The highest BCUT2D eigenvalue weighted by atomic mass is 35.5. The number of halogens is 1. The van der Waals surface area contributed by atoms with E-state index >= 15 is 0 Å². The summed E-state index contributed by atoms with van der Waals surface area (Å²) in [5.74, 6) is 1.51. The van der Waals surface area contributed by atoms with Crippen LogP contribution in [-0.2, 0) is 11.3 Å². The number of rotatable bonds is 7. The van der Waals surface area contributed by atoms with E-state index < -0.39 is 6.10 Å². The molecule has 1 atom stereocenters. The normalized spacial score (nSPS) is 14.6. The fourth-order valence-electron chi connectivity index (χ4n) is 2.92. The second-order valence-electron chi connectivity index (χ2n) is 6.72. The van der Waals surface area contributed by atoms with Crippen molar-refractivity contribution in [2.75, 3.05) is 7.11 Å². The minimum Gasteiger partial charge on any atom is -0.497 e. The third kappa shape index (κ3) is 4.50. The molecular formula is C21H24ClNO3. The van der Waals surface area contributed by atoms with Crippen molar-refractivity contribution < 1.29 is 14.3 Å². The minimum atomic E-state index is -0.547. The van der Waals surface area contributed by atoms with Crippen molar-refractivity contribution in [1.29, 1.82) is 0 Å². The first kappa shape index (κ1) is 18.6. The molecule has 1 saturated carbocycles. The number of amides is 1. The molecule has 1 aliphatic carbocycles. The van der Waals surface area contributed by atoms with Crippen LogP contribution < -0.4 is 9.47 Å². The molecule has 4 nitrogen and oxygen atoms in total. The summed E-state index contributed by atoms with van der Waals surface area (Å²) < 4.78 is 11.1. The van der Waals surface area contributed by atoms with E-state index in [-0.39, 0.29) is 5.91 Å². The van der Waals surface area contributed by atoms with Gasteiger partial charge in [0.15, 0.2) is 6.10 Å². The first-order chi connectivity index (χ1) is 12.5. The summed E-state index contributed by atoms with van der Waals surface area (Å²) in [4.78, 5) is 14.9. The second kappa shape index (κ2) is 8.00. The van der Waals surface area contributed by atoms with Crippen LogP contribution in [0.4, 0.5) is 0 Å². The Labute approximate surface area is 159 Å². The van der Waals surface area contributed by atoms with Gasteiger partial charge in [-0.2, -0.15) is 0 Å². The molecule has 0 spiro atoms. The van der Waals surface area contributed by atoms with Crippen molar-refractivity contribution >= 4 is 17.5 Å². The van der Waals surface area contributed by atoms with E-state index in [2.05, 4.69) is 0 Å². The number of hydrogen-bond acceptors (Lipinski definition) is 3. The first-order valence-electron chi connectivity index (χ1n) is 8.84. The molecular weight excluding hydrogens is 350 g/mol. The quantitative estimate of drug-likeness (QED) is 0.711. The molecule has 1 amide bonds. The van der Waals surface area contributed by atoms with E-state index in [1.165, 1.54) is 0 Å². The van der Waals surface area contributed by atoms with Gasteiger partial charge < -0.3 is 14.4 Å². The third-order valence-electron chi connectivity index (χ3n) is 4.57. The smallest absolute Gasteiger partial charge is 0.263 e. The maximum absolute atomic E-state index is 13.0. The van der Waals surface area contributed by atoms with Gasteiger partial charge in [-0.3, -0.25) is 4.79 Å². The molecule has 0 heterocycles. The fourth-order valence-corrected chi connectivity index (χ4v) is 3.15. The average Bonchev–Trinajstić information content (AvgIpc) is 3.47. The highest BCUT2D eigenvalue weighted by molar-refractivity contribution is 6.30. The Balaban J connectivity index is 1.69. The number of benzene rings is 2. The fraction of sp³-hybridized carbons (Fsp3) is 0.381. The summed E-state index contributed by atoms with van der Waals surface area (Å²) in [6.45, 7) is 4.31. The van der Waals surface area contributed by atoms with E-state index in [9.17, 15) is 4.79 Å². The van der Waals surface area contributed by atoms with E-state index in [1.807, 2.05) is 48.2 Å². The number of carbonyl (C=O) groups excluding carboxylic acids is 1. The standard InChI is InChI=1S/C21H24ClNO3/c1-14-12-17(22)6-11-20(14)26-15(2)21(24)23(18-7-8-18)13-16-4-9-19(25-3)10-5-16/h4-6,9-12,15,18H,7-8,13H2,1-3H3. The molecule has 3 rings (SSSR count). The Kier molecular flexibility index (Phi) is 5.72. The molecule has 5 heteroatoms. The summed E-state index contributed by atoms with van der Waals surface area (Å²) in [7, 11) is 1.65. The Morgan fingerprint density at radius 1 is 1.23 bits per heavy atom. The monoisotopic (exact) mass is 373 g/mol.